The number of carbonyl (C=O) groups is 1. The number of hydrogen-bond donors (Lipinski definition) is 1. The van der Waals surface area contributed by atoms with Gasteiger partial charge in [0.2, 0.25) is 0 Å². The van der Waals surface area contributed by atoms with E-state index < -0.39 is 5.97 Å². The summed E-state index contributed by atoms with van der Waals surface area (Å²) in [6, 6.07) is 6.56. The van der Waals surface area contributed by atoms with E-state index in [0.29, 0.717) is 19.4 Å². The molecule has 0 spiro atoms. The fourth-order valence-electron chi connectivity index (χ4n) is 2.23. The van der Waals surface area contributed by atoms with E-state index >= 15 is 0 Å². The maximum absolute atomic E-state index is 13.0. The number of hydrogen-bond acceptors (Lipinski definition) is 2. The molecule has 0 radical (unpaired) electrons. The van der Waals surface area contributed by atoms with Crippen molar-refractivity contribution in [3.05, 3.63) is 35.6 Å². The summed E-state index contributed by atoms with van der Waals surface area (Å²) in [4.78, 5) is 13.0. The molecule has 1 saturated heterocycles. The van der Waals surface area contributed by atoms with Crippen LogP contribution in [0.2, 0.25) is 0 Å². The lowest BCUT2D eigenvalue weighted by Crippen LogP contribution is -2.35. The van der Waals surface area contributed by atoms with Gasteiger partial charge >= 0.3 is 5.97 Å². The summed E-state index contributed by atoms with van der Waals surface area (Å²) in [7, 11) is 0. The quantitative estimate of drug-likeness (QED) is 0.920. The molecule has 18 heavy (non-hydrogen) atoms. The molecule has 2 rings (SSSR count). The Morgan fingerprint density at radius 2 is 2.06 bits per heavy atom. The first-order chi connectivity index (χ1) is 8.15. The van der Waals surface area contributed by atoms with E-state index in [0.717, 1.165) is 18.7 Å². The van der Waals surface area contributed by atoms with Gasteiger partial charge < -0.3 is 5.11 Å². The van der Waals surface area contributed by atoms with Gasteiger partial charge in [-0.3, -0.25) is 9.69 Å². The van der Waals surface area contributed by atoms with Crippen molar-refractivity contribution < 1.29 is 14.3 Å². The number of rotatable bonds is 3. The third-order valence-corrected chi connectivity index (χ3v) is 3.23. The van der Waals surface area contributed by atoms with Crippen LogP contribution in [0.3, 0.4) is 0 Å². The lowest BCUT2D eigenvalue weighted by molar-refractivity contribution is -0.143. The first kappa shape index (κ1) is 14.9. The van der Waals surface area contributed by atoms with Crippen molar-refractivity contribution in [3.8, 4) is 0 Å². The van der Waals surface area contributed by atoms with Crippen molar-refractivity contribution in [2.24, 2.45) is 5.92 Å². The highest BCUT2D eigenvalue weighted by atomic mass is 35.5. The van der Waals surface area contributed by atoms with Gasteiger partial charge in [-0.1, -0.05) is 12.1 Å². The zero-order valence-corrected chi connectivity index (χ0v) is 10.8. The number of piperidine rings is 1. The van der Waals surface area contributed by atoms with E-state index in [1.165, 1.54) is 12.1 Å². The predicted octanol–water partition coefficient (Wildman–Crippen LogP) is 2.54. The molecule has 1 N–H and O–H groups in total. The van der Waals surface area contributed by atoms with Crippen LogP contribution in [0.5, 0.6) is 0 Å². The highest BCUT2D eigenvalue weighted by molar-refractivity contribution is 5.85. The molecule has 0 saturated carbocycles. The lowest BCUT2D eigenvalue weighted by Gasteiger charge is -2.29. The second-order valence-corrected chi connectivity index (χ2v) is 4.52. The van der Waals surface area contributed by atoms with Crippen LogP contribution in [0.4, 0.5) is 4.39 Å². The van der Waals surface area contributed by atoms with Crippen LogP contribution in [0, 0.1) is 11.7 Å². The van der Waals surface area contributed by atoms with Crippen molar-refractivity contribution in [1.82, 2.24) is 4.90 Å². The van der Waals surface area contributed by atoms with Crippen molar-refractivity contribution in [3.63, 3.8) is 0 Å². The molecule has 1 heterocycles. The zero-order valence-electron chi connectivity index (χ0n) is 10.0. The Morgan fingerprint density at radius 1 is 1.39 bits per heavy atom. The summed E-state index contributed by atoms with van der Waals surface area (Å²) in [6.07, 6.45) is 1.37. The Morgan fingerprint density at radius 3 is 2.61 bits per heavy atom. The maximum Gasteiger partial charge on any atom is 0.306 e. The van der Waals surface area contributed by atoms with Crippen LogP contribution >= 0.6 is 12.4 Å². The van der Waals surface area contributed by atoms with Gasteiger partial charge in [-0.2, -0.15) is 0 Å². The Labute approximate surface area is 112 Å². The third-order valence-electron chi connectivity index (χ3n) is 3.23. The second kappa shape index (κ2) is 6.71. The molecule has 1 aliphatic rings. The molecule has 1 aliphatic heterocycles. The first-order valence-electron chi connectivity index (χ1n) is 5.85. The monoisotopic (exact) mass is 273 g/mol. The standard InChI is InChI=1S/C13H16FNO2.ClH/c14-12-3-1-2-10(8-12)9-15-6-4-11(5-7-15)13(16)17;/h1-3,8,11H,4-7,9H2,(H,16,17);1H. The highest BCUT2D eigenvalue weighted by Crippen LogP contribution is 2.19. The summed E-state index contributed by atoms with van der Waals surface area (Å²) < 4.78 is 13.0. The Bertz CT molecular complexity index is 406. The molecule has 5 heteroatoms. The molecule has 1 fully saturated rings. The predicted molar refractivity (Wildman–Crippen MR) is 69.3 cm³/mol. The number of halogens is 2. The average molecular weight is 274 g/mol. The van der Waals surface area contributed by atoms with E-state index in [1.807, 2.05) is 6.07 Å². The Hall–Kier alpha value is -1.13. The van der Waals surface area contributed by atoms with Crippen LogP contribution in [0.1, 0.15) is 18.4 Å². The largest absolute Gasteiger partial charge is 0.481 e. The number of carboxylic acid groups (broad SMARTS) is 1. The maximum atomic E-state index is 13.0. The smallest absolute Gasteiger partial charge is 0.306 e. The second-order valence-electron chi connectivity index (χ2n) is 4.52. The normalized spacial score (nSPS) is 17.2. The highest BCUT2D eigenvalue weighted by Gasteiger charge is 2.24. The van der Waals surface area contributed by atoms with Crippen LogP contribution in [-0.4, -0.2) is 29.1 Å². The molecule has 1 aromatic carbocycles. The minimum atomic E-state index is -0.699. The molecule has 1 aromatic rings. The number of aliphatic carboxylic acids is 1. The van der Waals surface area contributed by atoms with Crippen molar-refractivity contribution in [2.75, 3.05) is 13.1 Å². The molecular weight excluding hydrogens is 257 g/mol. The van der Waals surface area contributed by atoms with Crippen LogP contribution in [0.15, 0.2) is 24.3 Å². The van der Waals surface area contributed by atoms with E-state index in [4.69, 9.17) is 5.11 Å². The summed E-state index contributed by atoms with van der Waals surface area (Å²) in [5, 5.41) is 8.88. The molecule has 0 aromatic heterocycles. The first-order valence-corrected chi connectivity index (χ1v) is 5.85. The minimum Gasteiger partial charge on any atom is -0.481 e. The van der Waals surface area contributed by atoms with Crippen LogP contribution < -0.4 is 0 Å². The Balaban J connectivity index is 0.00000162. The number of nitrogens with zero attached hydrogens (tertiary/aromatic N) is 1. The fraction of sp³-hybridized carbons (Fsp3) is 0.462. The van der Waals surface area contributed by atoms with Crippen LogP contribution in [-0.2, 0) is 11.3 Å². The lowest BCUT2D eigenvalue weighted by atomic mass is 9.97. The van der Waals surface area contributed by atoms with Gasteiger partial charge in [0, 0.05) is 6.54 Å². The van der Waals surface area contributed by atoms with Crippen molar-refractivity contribution in [2.45, 2.75) is 19.4 Å². The molecule has 0 amide bonds. The molecular formula is C13H17ClFNO2. The number of likely N-dealkylation sites (tertiary alicyclic amines) is 1. The summed E-state index contributed by atoms with van der Waals surface area (Å²) in [5.41, 5.74) is 0.943. The molecule has 0 atom stereocenters. The molecule has 3 nitrogen and oxygen atoms in total. The minimum absolute atomic E-state index is 0. The van der Waals surface area contributed by atoms with E-state index in [1.54, 1.807) is 6.07 Å². The van der Waals surface area contributed by atoms with Gasteiger partial charge in [-0.15, -0.1) is 12.4 Å². The number of carboxylic acids is 1. The van der Waals surface area contributed by atoms with Crippen LogP contribution in [0.25, 0.3) is 0 Å². The molecule has 0 unspecified atom stereocenters. The topological polar surface area (TPSA) is 40.5 Å². The van der Waals surface area contributed by atoms with E-state index in [-0.39, 0.29) is 24.1 Å². The van der Waals surface area contributed by atoms with Gasteiger partial charge in [0.05, 0.1) is 5.92 Å². The van der Waals surface area contributed by atoms with Gasteiger partial charge in [-0.05, 0) is 43.6 Å². The van der Waals surface area contributed by atoms with E-state index in [2.05, 4.69) is 4.90 Å². The van der Waals surface area contributed by atoms with Gasteiger partial charge in [-0.25, -0.2) is 4.39 Å². The summed E-state index contributed by atoms with van der Waals surface area (Å²) >= 11 is 0. The van der Waals surface area contributed by atoms with Crippen molar-refractivity contribution >= 4 is 18.4 Å². The third kappa shape index (κ3) is 3.96. The fourth-order valence-corrected chi connectivity index (χ4v) is 2.23. The van der Waals surface area contributed by atoms with Crippen molar-refractivity contribution in [1.29, 1.82) is 0 Å². The zero-order chi connectivity index (χ0) is 12.3. The SMILES string of the molecule is Cl.O=C(O)C1CCN(Cc2cccc(F)c2)CC1. The summed E-state index contributed by atoms with van der Waals surface area (Å²) in [5.74, 6) is -1.13. The Kier molecular flexibility index (Phi) is 5.56. The molecule has 0 aliphatic carbocycles. The summed E-state index contributed by atoms with van der Waals surface area (Å²) in [6.45, 7) is 2.24. The number of benzene rings is 1. The molecule has 0 bridgehead atoms. The molecule has 100 valence electrons. The van der Waals surface area contributed by atoms with Gasteiger partial charge in [0.25, 0.3) is 0 Å². The average Bonchev–Trinajstić information content (AvgIpc) is 2.29. The van der Waals surface area contributed by atoms with Gasteiger partial charge in [0.15, 0.2) is 0 Å². The van der Waals surface area contributed by atoms with Gasteiger partial charge in [0.1, 0.15) is 5.82 Å². The van der Waals surface area contributed by atoms with E-state index in [9.17, 15) is 9.18 Å².